The van der Waals surface area contributed by atoms with Gasteiger partial charge in [-0.1, -0.05) is 0 Å². The van der Waals surface area contributed by atoms with Gasteiger partial charge in [0.25, 0.3) is 11.8 Å². The maximum absolute atomic E-state index is 13.2. The number of anilines is 2. The maximum atomic E-state index is 13.2. The second kappa shape index (κ2) is 10.2. The largest absolute Gasteiger partial charge is 0.463 e. The Morgan fingerprint density at radius 3 is 2.47 bits per heavy atom. The van der Waals surface area contributed by atoms with E-state index in [9.17, 15) is 14.0 Å². The molecule has 0 spiro atoms. The first-order valence-electron chi connectivity index (χ1n) is 12.5. The Labute approximate surface area is 208 Å². The minimum absolute atomic E-state index is 0.0207. The summed E-state index contributed by atoms with van der Waals surface area (Å²) in [5.74, 6) is -0.363. The zero-order valence-electron chi connectivity index (χ0n) is 20.0. The third-order valence-electron chi connectivity index (χ3n) is 7.25. The Morgan fingerprint density at radius 2 is 1.83 bits per heavy atom. The highest BCUT2D eigenvalue weighted by molar-refractivity contribution is 5.95. The highest BCUT2D eigenvalue weighted by atomic mass is 19.1. The molecule has 36 heavy (non-hydrogen) atoms. The van der Waals surface area contributed by atoms with E-state index in [0.717, 1.165) is 37.8 Å². The van der Waals surface area contributed by atoms with E-state index < -0.39 is 12.1 Å². The molecule has 11 nitrogen and oxygen atoms in total. The summed E-state index contributed by atoms with van der Waals surface area (Å²) in [6.45, 7) is 1.53. The Kier molecular flexibility index (Phi) is 6.84. The Hall–Kier alpha value is -3.57. The highest BCUT2D eigenvalue weighted by Crippen LogP contribution is 2.32. The van der Waals surface area contributed by atoms with Crippen molar-refractivity contribution in [2.75, 3.05) is 30.3 Å². The smallest absolute Gasteiger partial charge is 0.321 e. The van der Waals surface area contributed by atoms with Crippen molar-refractivity contribution in [3.05, 3.63) is 29.3 Å². The summed E-state index contributed by atoms with van der Waals surface area (Å²) in [7, 11) is 0. The average molecular weight is 499 g/mol. The van der Waals surface area contributed by atoms with Gasteiger partial charge in [0.1, 0.15) is 6.17 Å². The molecule has 3 aliphatic rings. The van der Waals surface area contributed by atoms with Gasteiger partial charge < -0.3 is 26.4 Å². The van der Waals surface area contributed by atoms with Crippen LogP contribution in [0.4, 0.5) is 16.0 Å². The van der Waals surface area contributed by atoms with Crippen molar-refractivity contribution in [3.8, 4) is 6.01 Å². The summed E-state index contributed by atoms with van der Waals surface area (Å²) in [4.78, 5) is 43.9. The van der Waals surface area contributed by atoms with Gasteiger partial charge in [0.2, 0.25) is 11.8 Å². The van der Waals surface area contributed by atoms with E-state index >= 15 is 0 Å². The van der Waals surface area contributed by atoms with Gasteiger partial charge in [-0.15, -0.1) is 0 Å². The number of carbonyl (C=O) groups is 2. The molecule has 0 unspecified atom stereocenters. The first-order chi connectivity index (χ1) is 17.4. The molecule has 1 aliphatic heterocycles. The number of alkyl halides is 1. The number of nitrogen functional groups attached to an aromatic ring is 1. The summed E-state index contributed by atoms with van der Waals surface area (Å²) in [6.07, 6.45) is 4.63. The Bertz CT molecular complexity index is 1130. The average Bonchev–Trinajstić information content (AvgIpc) is 2.83. The number of hydrogen-bond acceptors (Lipinski definition) is 9. The molecule has 0 bridgehead atoms. The lowest BCUT2D eigenvalue weighted by molar-refractivity contribution is 0.0813. The van der Waals surface area contributed by atoms with Gasteiger partial charge in [0.05, 0.1) is 12.3 Å². The predicted octanol–water partition coefficient (Wildman–Crippen LogP) is 1.74. The number of piperidine rings is 1. The molecule has 2 amide bonds. The van der Waals surface area contributed by atoms with Crippen LogP contribution in [-0.4, -0.2) is 63.7 Å². The number of primary amides is 1. The zero-order chi connectivity index (χ0) is 25.2. The van der Waals surface area contributed by atoms with E-state index in [2.05, 4.69) is 25.3 Å². The van der Waals surface area contributed by atoms with Crippen LogP contribution >= 0.6 is 0 Å². The van der Waals surface area contributed by atoms with Crippen LogP contribution in [0.25, 0.3) is 0 Å². The van der Waals surface area contributed by atoms with Crippen molar-refractivity contribution >= 4 is 23.5 Å². The molecule has 2 aromatic heterocycles. The number of nitrogens with one attached hydrogen (secondary N) is 1. The van der Waals surface area contributed by atoms with Crippen molar-refractivity contribution < 1.29 is 18.7 Å². The van der Waals surface area contributed by atoms with Gasteiger partial charge in [-0.3, -0.25) is 9.59 Å². The SMILES string of the molecule is NC(=O)c1nc(C2CCN(c3nc(OC[C@H]4C[C@H](F)C4)nc(C(=O)NC4CCC4)n3)CC2)ccc1N. The summed E-state index contributed by atoms with van der Waals surface area (Å²) < 4.78 is 18.9. The number of amides is 2. The summed E-state index contributed by atoms with van der Waals surface area (Å²) in [5, 5.41) is 2.96. The number of carbonyl (C=O) groups excluding carboxylic acids is 2. The molecule has 0 radical (unpaired) electrons. The Morgan fingerprint density at radius 1 is 1.08 bits per heavy atom. The van der Waals surface area contributed by atoms with Gasteiger partial charge in [0.15, 0.2) is 5.69 Å². The van der Waals surface area contributed by atoms with E-state index in [0.29, 0.717) is 38.5 Å². The molecule has 5 N–H and O–H groups in total. The molecule has 2 aliphatic carbocycles. The molecular formula is C24H31FN8O3. The summed E-state index contributed by atoms with van der Waals surface area (Å²) in [6, 6.07) is 3.70. The summed E-state index contributed by atoms with van der Waals surface area (Å²) >= 11 is 0. The Balaban J connectivity index is 1.29. The van der Waals surface area contributed by atoms with E-state index in [4.69, 9.17) is 16.2 Å². The van der Waals surface area contributed by atoms with E-state index in [-0.39, 0.29) is 47.0 Å². The van der Waals surface area contributed by atoms with Crippen LogP contribution < -0.4 is 26.4 Å². The van der Waals surface area contributed by atoms with E-state index in [1.807, 2.05) is 11.0 Å². The fraction of sp³-hybridized carbons (Fsp3) is 0.583. The summed E-state index contributed by atoms with van der Waals surface area (Å²) in [5.41, 5.74) is 12.3. The highest BCUT2D eigenvalue weighted by Gasteiger charge is 2.31. The van der Waals surface area contributed by atoms with Crippen LogP contribution in [0.5, 0.6) is 6.01 Å². The molecule has 5 rings (SSSR count). The number of nitrogens with two attached hydrogens (primary N) is 2. The maximum Gasteiger partial charge on any atom is 0.321 e. The third-order valence-corrected chi connectivity index (χ3v) is 7.25. The van der Waals surface area contributed by atoms with Gasteiger partial charge in [-0.2, -0.15) is 15.0 Å². The quantitative estimate of drug-likeness (QED) is 0.492. The molecule has 2 saturated carbocycles. The molecule has 192 valence electrons. The van der Waals surface area contributed by atoms with Crippen molar-refractivity contribution in [1.82, 2.24) is 25.3 Å². The molecule has 3 heterocycles. The lowest BCUT2D eigenvalue weighted by atomic mass is 9.84. The second-order valence-corrected chi connectivity index (χ2v) is 9.89. The fourth-order valence-corrected chi connectivity index (χ4v) is 4.72. The minimum Gasteiger partial charge on any atom is -0.463 e. The van der Waals surface area contributed by atoms with Crippen molar-refractivity contribution in [1.29, 1.82) is 0 Å². The fourth-order valence-electron chi connectivity index (χ4n) is 4.72. The number of nitrogens with zero attached hydrogens (tertiary/aromatic N) is 5. The molecule has 1 saturated heterocycles. The third kappa shape index (κ3) is 5.31. The van der Waals surface area contributed by atoms with E-state index in [1.54, 1.807) is 6.07 Å². The van der Waals surface area contributed by atoms with Crippen LogP contribution in [0.15, 0.2) is 12.1 Å². The van der Waals surface area contributed by atoms with Gasteiger partial charge in [-0.25, -0.2) is 9.37 Å². The van der Waals surface area contributed by atoms with Crippen LogP contribution in [0, 0.1) is 5.92 Å². The van der Waals surface area contributed by atoms with Crippen molar-refractivity contribution in [2.45, 2.75) is 63.1 Å². The van der Waals surface area contributed by atoms with Crippen molar-refractivity contribution in [2.24, 2.45) is 11.7 Å². The molecule has 0 aromatic carbocycles. The number of aromatic nitrogens is 4. The molecule has 0 atom stereocenters. The number of halogens is 1. The van der Waals surface area contributed by atoms with Crippen LogP contribution in [0.2, 0.25) is 0 Å². The molecule has 12 heteroatoms. The number of ether oxygens (including phenoxy) is 1. The number of pyridine rings is 1. The monoisotopic (exact) mass is 498 g/mol. The number of hydrogen-bond donors (Lipinski definition) is 3. The molecular weight excluding hydrogens is 467 g/mol. The first kappa shape index (κ1) is 24.1. The van der Waals surface area contributed by atoms with Gasteiger partial charge >= 0.3 is 6.01 Å². The molecule has 2 aromatic rings. The second-order valence-electron chi connectivity index (χ2n) is 9.89. The minimum atomic E-state index is -0.771. The normalized spacial score (nSPS) is 22.4. The van der Waals surface area contributed by atoms with Crippen LogP contribution in [0.1, 0.15) is 77.7 Å². The lowest BCUT2D eigenvalue weighted by Gasteiger charge is -2.32. The lowest BCUT2D eigenvalue weighted by Crippen LogP contribution is -2.41. The van der Waals surface area contributed by atoms with Gasteiger partial charge in [0, 0.05) is 30.7 Å². The van der Waals surface area contributed by atoms with E-state index in [1.165, 1.54) is 0 Å². The van der Waals surface area contributed by atoms with Crippen molar-refractivity contribution in [3.63, 3.8) is 0 Å². The topological polar surface area (TPSA) is 162 Å². The number of rotatable bonds is 8. The van der Waals surface area contributed by atoms with Gasteiger partial charge in [-0.05, 0) is 63.0 Å². The molecule has 3 fully saturated rings. The van der Waals surface area contributed by atoms with Crippen LogP contribution in [-0.2, 0) is 0 Å². The predicted molar refractivity (Wildman–Crippen MR) is 129 cm³/mol. The van der Waals surface area contributed by atoms with Crippen LogP contribution in [0.3, 0.4) is 0 Å². The zero-order valence-corrected chi connectivity index (χ0v) is 20.0. The first-order valence-corrected chi connectivity index (χ1v) is 12.5. The standard InChI is InChI=1S/C24H31FN8O3/c25-15-10-13(11-15)12-36-24-31-21(22(35)28-16-2-1-3-16)30-23(32-24)33-8-6-14(7-9-33)18-5-4-17(26)19(29-18)20(27)34/h4-5,13-16H,1-3,6-12,26H2,(H2,27,34)(H,28,35)/t13-,15-.